The fraction of sp³-hybridized carbons (Fsp3) is 0.294. The molecule has 2 N–H and O–H groups in total. The Labute approximate surface area is 138 Å². The minimum Gasteiger partial charge on any atom is -0.483 e. The van der Waals surface area contributed by atoms with E-state index in [2.05, 4.69) is 11.1 Å². The number of hydrogen-bond donors (Lipinski definition) is 1. The van der Waals surface area contributed by atoms with Crippen LogP contribution in [0.1, 0.15) is 23.3 Å². The first-order valence-corrected chi connectivity index (χ1v) is 7.61. The van der Waals surface area contributed by atoms with E-state index in [4.69, 9.17) is 15.7 Å². The van der Waals surface area contributed by atoms with Crippen LogP contribution in [0.3, 0.4) is 0 Å². The lowest BCUT2D eigenvalue weighted by Crippen LogP contribution is -2.37. The summed E-state index contributed by atoms with van der Waals surface area (Å²) in [5, 5.41) is 9.75. The molecule has 0 bridgehead atoms. The van der Waals surface area contributed by atoms with Gasteiger partial charge in [0.25, 0.3) is 11.8 Å². The standard InChI is InChI=1S/C17H16N4O3/c18-9-11-4-3-7-21(11)16(22)10-24-15-8-14(17(19)23)20-13-6-2-1-5-12(13)15/h1-2,5-6,8,11H,3-4,7,10H2,(H2,19,23)/t11-/m0/s1. The zero-order valence-corrected chi connectivity index (χ0v) is 12.9. The molecule has 0 unspecified atom stereocenters. The number of nitrogens with zero attached hydrogens (tertiary/aromatic N) is 3. The number of carbonyl (C=O) groups is 2. The highest BCUT2D eigenvalue weighted by molar-refractivity contribution is 5.96. The first kappa shape index (κ1) is 15.7. The zero-order valence-electron chi connectivity index (χ0n) is 12.9. The number of pyridine rings is 1. The largest absolute Gasteiger partial charge is 0.483 e. The summed E-state index contributed by atoms with van der Waals surface area (Å²) in [4.78, 5) is 29.4. The Balaban J connectivity index is 1.83. The number of ether oxygens (including phenoxy) is 1. The normalized spacial score (nSPS) is 16.8. The Morgan fingerprint density at radius 2 is 2.21 bits per heavy atom. The fourth-order valence-electron chi connectivity index (χ4n) is 2.81. The van der Waals surface area contributed by atoms with Crippen molar-refractivity contribution in [3.8, 4) is 11.8 Å². The van der Waals surface area contributed by atoms with Gasteiger partial charge in [-0.15, -0.1) is 0 Å². The van der Waals surface area contributed by atoms with Crippen molar-refractivity contribution in [2.24, 2.45) is 5.73 Å². The molecule has 7 nitrogen and oxygen atoms in total. The SMILES string of the molecule is N#C[C@@H]1CCCN1C(=O)COc1cc(C(N)=O)nc2ccccc12. The molecule has 122 valence electrons. The topological polar surface area (TPSA) is 109 Å². The van der Waals surface area contributed by atoms with Crippen molar-refractivity contribution in [1.82, 2.24) is 9.88 Å². The van der Waals surface area contributed by atoms with E-state index in [1.54, 1.807) is 18.2 Å². The van der Waals surface area contributed by atoms with Crippen LogP contribution in [0.4, 0.5) is 0 Å². The molecular weight excluding hydrogens is 308 g/mol. The average molecular weight is 324 g/mol. The number of rotatable bonds is 4. The van der Waals surface area contributed by atoms with Crippen LogP contribution in [0.2, 0.25) is 0 Å². The van der Waals surface area contributed by atoms with Crippen LogP contribution >= 0.6 is 0 Å². The second kappa shape index (κ2) is 6.54. The van der Waals surface area contributed by atoms with Crippen LogP contribution in [0, 0.1) is 11.3 Å². The second-order valence-corrected chi connectivity index (χ2v) is 5.55. The van der Waals surface area contributed by atoms with Crippen molar-refractivity contribution in [3.05, 3.63) is 36.0 Å². The van der Waals surface area contributed by atoms with Crippen molar-refractivity contribution in [2.45, 2.75) is 18.9 Å². The third-order valence-corrected chi connectivity index (χ3v) is 4.00. The van der Waals surface area contributed by atoms with Gasteiger partial charge in [-0.25, -0.2) is 4.98 Å². The first-order chi connectivity index (χ1) is 11.6. The predicted molar refractivity (Wildman–Crippen MR) is 86.1 cm³/mol. The van der Waals surface area contributed by atoms with E-state index in [9.17, 15) is 9.59 Å². The molecule has 2 heterocycles. The van der Waals surface area contributed by atoms with Gasteiger partial charge in [0, 0.05) is 18.0 Å². The van der Waals surface area contributed by atoms with E-state index in [-0.39, 0.29) is 18.2 Å². The highest BCUT2D eigenvalue weighted by Crippen LogP contribution is 2.26. The molecule has 1 aliphatic heterocycles. The average Bonchev–Trinajstić information content (AvgIpc) is 3.07. The van der Waals surface area contributed by atoms with E-state index >= 15 is 0 Å². The second-order valence-electron chi connectivity index (χ2n) is 5.55. The molecule has 1 aliphatic rings. The number of nitrogens with two attached hydrogens (primary N) is 1. The van der Waals surface area contributed by atoms with Gasteiger partial charge in [-0.05, 0) is 25.0 Å². The molecule has 0 spiro atoms. The van der Waals surface area contributed by atoms with Crippen molar-refractivity contribution in [3.63, 3.8) is 0 Å². The summed E-state index contributed by atoms with van der Waals surface area (Å²) in [6.45, 7) is 0.356. The van der Waals surface area contributed by atoms with E-state index in [0.29, 0.717) is 29.6 Å². The Hall–Kier alpha value is -3.14. The fourth-order valence-corrected chi connectivity index (χ4v) is 2.81. The summed E-state index contributed by atoms with van der Waals surface area (Å²) >= 11 is 0. The minimum absolute atomic E-state index is 0.0761. The Bertz CT molecular complexity index is 843. The van der Waals surface area contributed by atoms with Crippen LogP contribution in [-0.4, -0.2) is 40.9 Å². The molecule has 1 fully saturated rings. The lowest BCUT2D eigenvalue weighted by Gasteiger charge is -2.19. The maximum Gasteiger partial charge on any atom is 0.267 e. The van der Waals surface area contributed by atoms with Gasteiger partial charge in [-0.3, -0.25) is 9.59 Å². The summed E-state index contributed by atoms with van der Waals surface area (Å²) in [5.74, 6) is -0.544. The highest BCUT2D eigenvalue weighted by Gasteiger charge is 2.28. The van der Waals surface area contributed by atoms with Crippen LogP contribution < -0.4 is 10.5 Å². The van der Waals surface area contributed by atoms with Gasteiger partial charge in [0.15, 0.2) is 6.61 Å². The number of fused-ring (bicyclic) bond motifs is 1. The molecule has 24 heavy (non-hydrogen) atoms. The van der Waals surface area contributed by atoms with Crippen LogP contribution in [0.25, 0.3) is 10.9 Å². The Kier molecular flexibility index (Phi) is 4.29. The van der Waals surface area contributed by atoms with Crippen molar-refractivity contribution in [1.29, 1.82) is 5.26 Å². The third kappa shape index (κ3) is 2.99. The lowest BCUT2D eigenvalue weighted by atomic mass is 10.2. The molecular formula is C17H16N4O3. The Morgan fingerprint density at radius 3 is 2.96 bits per heavy atom. The van der Waals surface area contributed by atoms with Crippen molar-refractivity contribution < 1.29 is 14.3 Å². The van der Waals surface area contributed by atoms with E-state index in [1.807, 2.05) is 6.07 Å². The van der Waals surface area contributed by atoms with E-state index < -0.39 is 11.9 Å². The molecule has 1 aromatic carbocycles. The number of carbonyl (C=O) groups excluding carboxylic acids is 2. The molecule has 1 aromatic heterocycles. The van der Waals surface area contributed by atoms with Crippen LogP contribution in [0.5, 0.6) is 5.75 Å². The van der Waals surface area contributed by atoms with Gasteiger partial charge in [-0.1, -0.05) is 12.1 Å². The van der Waals surface area contributed by atoms with Crippen molar-refractivity contribution >= 4 is 22.7 Å². The maximum absolute atomic E-state index is 12.3. The Morgan fingerprint density at radius 1 is 1.42 bits per heavy atom. The number of amides is 2. The van der Waals surface area contributed by atoms with Crippen LogP contribution in [0.15, 0.2) is 30.3 Å². The van der Waals surface area contributed by atoms with Gasteiger partial charge in [0.2, 0.25) is 0 Å². The number of para-hydroxylation sites is 1. The van der Waals surface area contributed by atoms with Gasteiger partial charge < -0.3 is 15.4 Å². The van der Waals surface area contributed by atoms with Crippen molar-refractivity contribution in [2.75, 3.05) is 13.2 Å². The monoisotopic (exact) mass is 324 g/mol. The number of hydrogen-bond acceptors (Lipinski definition) is 5. The molecule has 7 heteroatoms. The first-order valence-electron chi connectivity index (χ1n) is 7.61. The molecule has 1 saturated heterocycles. The van der Waals surface area contributed by atoms with Gasteiger partial charge in [0.05, 0.1) is 11.6 Å². The van der Waals surface area contributed by atoms with E-state index in [0.717, 1.165) is 6.42 Å². The molecule has 1 atom stereocenters. The molecule has 2 aromatic rings. The smallest absolute Gasteiger partial charge is 0.267 e. The van der Waals surface area contributed by atoms with Gasteiger partial charge in [-0.2, -0.15) is 5.26 Å². The van der Waals surface area contributed by atoms with E-state index in [1.165, 1.54) is 11.0 Å². The number of aromatic nitrogens is 1. The number of benzene rings is 1. The van der Waals surface area contributed by atoms with Gasteiger partial charge in [0.1, 0.15) is 17.5 Å². The summed E-state index contributed by atoms with van der Waals surface area (Å²) in [6.07, 6.45) is 1.50. The molecule has 0 aliphatic carbocycles. The minimum atomic E-state index is -0.666. The van der Waals surface area contributed by atoms with Gasteiger partial charge >= 0.3 is 0 Å². The number of nitriles is 1. The lowest BCUT2D eigenvalue weighted by molar-refractivity contribution is -0.133. The summed E-state index contributed by atoms with van der Waals surface area (Å²) in [6, 6.07) is 10.3. The quantitative estimate of drug-likeness (QED) is 0.909. The highest BCUT2D eigenvalue weighted by atomic mass is 16.5. The molecule has 2 amide bonds. The summed E-state index contributed by atoms with van der Waals surface area (Å²) in [7, 11) is 0. The number of likely N-dealkylation sites (tertiary alicyclic amines) is 1. The number of primary amides is 1. The molecule has 0 radical (unpaired) electrons. The molecule has 3 rings (SSSR count). The predicted octanol–water partition coefficient (Wildman–Crippen LogP) is 1.23. The summed E-state index contributed by atoms with van der Waals surface area (Å²) in [5.41, 5.74) is 5.94. The maximum atomic E-state index is 12.3. The molecule has 0 saturated carbocycles. The third-order valence-electron chi connectivity index (χ3n) is 4.00. The van der Waals surface area contributed by atoms with Crippen LogP contribution in [-0.2, 0) is 4.79 Å². The summed E-state index contributed by atoms with van der Waals surface area (Å²) < 4.78 is 5.63. The zero-order chi connectivity index (χ0) is 17.1.